The number of hydrogen-bond acceptors (Lipinski definition) is 7. The van der Waals surface area contributed by atoms with Crippen molar-refractivity contribution in [2.75, 3.05) is 18.9 Å². The summed E-state index contributed by atoms with van der Waals surface area (Å²) in [5, 5.41) is 0. The molecule has 0 bridgehead atoms. The van der Waals surface area contributed by atoms with Crippen LogP contribution in [0.4, 0.5) is 5.69 Å². The topological polar surface area (TPSA) is 83.4 Å². The molecular formula is C20H17N3O3S. The zero-order valence-corrected chi connectivity index (χ0v) is 15.2. The van der Waals surface area contributed by atoms with E-state index in [2.05, 4.69) is 22.6 Å². The minimum atomic E-state index is 0.506. The molecule has 0 saturated heterocycles. The summed E-state index contributed by atoms with van der Waals surface area (Å²) in [4.78, 5) is 9.29. The van der Waals surface area contributed by atoms with Gasteiger partial charge in [-0.3, -0.25) is 0 Å². The van der Waals surface area contributed by atoms with Crippen molar-refractivity contribution < 1.29 is 13.9 Å². The summed E-state index contributed by atoms with van der Waals surface area (Å²) in [6.07, 6.45) is 1.68. The van der Waals surface area contributed by atoms with Gasteiger partial charge < -0.3 is 19.6 Å². The molecule has 0 unspecified atom stereocenters. The average molecular weight is 379 g/mol. The summed E-state index contributed by atoms with van der Waals surface area (Å²) in [5.41, 5.74) is 8.56. The highest BCUT2D eigenvalue weighted by Gasteiger charge is 2.11. The molecule has 7 heteroatoms. The zero-order chi connectivity index (χ0) is 18.6. The van der Waals surface area contributed by atoms with Gasteiger partial charge in [0.1, 0.15) is 13.2 Å². The predicted octanol–water partition coefficient (Wildman–Crippen LogP) is 4.22. The van der Waals surface area contributed by atoms with Crippen LogP contribution in [0, 0.1) is 0 Å². The molecule has 0 amide bonds. The maximum absolute atomic E-state index is 5.85. The quantitative estimate of drug-likeness (QED) is 0.381. The van der Waals surface area contributed by atoms with Gasteiger partial charge in [0.2, 0.25) is 5.89 Å². The van der Waals surface area contributed by atoms with Crippen molar-refractivity contribution in [3.05, 3.63) is 60.8 Å². The molecule has 1 aliphatic heterocycles. The molecule has 0 atom stereocenters. The summed E-state index contributed by atoms with van der Waals surface area (Å²) in [7, 11) is 0. The first-order valence-corrected chi connectivity index (χ1v) is 8.80. The number of hydrogen-bond donors (Lipinski definition) is 2. The summed E-state index contributed by atoms with van der Waals surface area (Å²) in [5.74, 6) is 2.12. The van der Waals surface area contributed by atoms with Crippen LogP contribution in [-0.4, -0.2) is 23.2 Å². The molecule has 0 radical (unpaired) electrons. The van der Waals surface area contributed by atoms with Crippen molar-refractivity contribution in [2.45, 2.75) is 4.90 Å². The summed E-state index contributed by atoms with van der Waals surface area (Å²) in [6.45, 7) is 1.27. The standard InChI is InChI=1S/C12H9N3O.C8H8O2S/c13-9-5-2-1-4-8(9)12-15-11-10(16-12)6-3-7-14-11;11-6-1-2-7-8(5-6)10-4-3-9-7/h1-7H,13H2;1-2,5,11H,3-4H2. The molecule has 4 aromatic rings. The summed E-state index contributed by atoms with van der Waals surface area (Å²) < 4.78 is 16.2. The molecule has 1 aliphatic rings. The van der Waals surface area contributed by atoms with Crippen molar-refractivity contribution in [2.24, 2.45) is 0 Å². The SMILES string of the molecule is Nc1ccccc1-c1nc2ncccc2o1.Sc1ccc2c(c1)OCCO2. The van der Waals surface area contributed by atoms with Crippen molar-refractivity contribution >= 4 is 29.5 Å². The van der Waals surface area contributed by atoms with E-state index in [1.54, 1.807) is 6.20 Å². The maximum atomic E-state index is 5.85. The second kappa shape index (κ2) is 7.59. The first-order chi connectivity index (χ1) is 13.2. The number of nitrogens with two attached hydrogens (primary N) is 1. The Morgan fingerprint density at radius 2 is 1.74 bits per heavy atom. The Balaban J connectivity index is 0.000000143. The average Bonchev–Trinajstić information content (AvgIpc) is 3.13. The monoisotopic (exact) mass is 379 g/mol. The van der Waals surface area contributed by atoms with Gasteiger partial charge in [-0.05, 0) is 42.5 Å². The molecule has 5 rings (SSSR count). The fraction of sp³-hybridized carbons (Fsp3) is 0.100. The van der Waals surface area contributed by atoms with Gasteiger partial charge in [0.25, 0.3) is 0 Å². The highest BCUT2D eigenvalue weighted by Crippen LogP contribution is 2.31. The number of benzene rings is 2. The molecule has 0 spiro atoms. The van der Waals surface area contributed by atoms with E-state index in [1.165, 1.54) is 0 Å². The Morgan fingerprint density at radius 1 is 0.926 bits per heavy atom. The minimum absolute atomic E-state index is 0.506. The van der Waals surface area contributed by atoms with E-state index < -0.39 is 0 Å². The predicted molar refractivity (Wildman–Crippen MR) is 106 cm³/mol. The molecule has 0 fully saturated rings. The Kier molecular flexibility index (Phi) is 4.84. The molecule has 136 valence electrons. The molecule has 2 aromatic carbocycles. The van der Waals surface area contributed by atoms with Crippen LogP contribution in [0.2, 0.25) is 0 Å². The number of fused-ring (bicyclic) bond motifs is 2. The third-order valence-corrected chi connectivity index (χ3v) is 4.16. The Bertz CT molecular complexity index is 1050. The third-order valence-electron chi connectivity index (χ3n) is 3.88. The number of para-hydroxylation sites is 1. The van der Waals surface area contributed by atoms with Crippen molar-refractivity contribution in [3.63, 3.8) is 0 Å². The second-order valence-electron chi connectivity index (χ2n) is 5.76. The highest BCUT2D eigenvalue weighted by atomic mass is 32.1. The summed E-state index contributed by atoms with van der Waals surface area (Å²) >= 11 is 4.18. The number of nitrogen functional groups attached to an aromatic ring is 1. The lowest BCUT2D eigenvalue weighted by Crippen LogP contribution is -2.15. The third kappa shape index (κ3) is 3.83. The van der Waals surface area contributed by atoms with Crippen molar-refractivity contribution in [1.29, 1.82) is 0 Å². The normalized spacial score (nSPS) is 12.3. The van der Waals surface area contributed by atoms with E-state index in [0.29, 0.717) is 36.0 Å². The molecule has 3 heterocycles. The number of aromatic nitrogens is 2. The van der Waals surface area contributed by atoms with E-state index in [9.17, 15) is 0 Å². The number of rotatable bonds is 1. The van der Waals surface area contributed by atoms with Crippen molar-refractivity contribution in [3.8, 4) is 23.0 Å². The number of thiol groups is 1. The van der Waals surface area contributed by atoms with Crippen LogP contribution in [0.25, 0.3) is 22.7 Å². The Morgan fingerprint density at radius 3 is 2.56 bits per heavy atom. The highest BCUT2D eigenvalue weighted by molar-refractivity contribution is 7.80. The van der Waals surface area contributed by atoms with Gasteiger partial charge in [-0.15, -0.1) is 12.6 Å². The first kappa shape index (κ1) is 17.2. The van der Waals surface area contributed by atoms with E-state index in [0.717, 1.165) is 22.0 Å². The Hall–Kier alpha value is -3.19. The Labute approximate surface area is 161 Å². The lowest BCUT2D eigenvalue weighted by Gasteiger charge is -2.17. The smallest absolute Gasteiger partial charge is 0.230 e. The van der Waals surface area contributed by atoms with Crippen LogP contribution in [0.1, 0.15) is 0 Å². The van der Waals surface area contributed by atoms with Crippen molar-refractivity contribution in [1.82, 2.24) is 9.97 Å². The number of nitrogens with zero attached hydrogens (tertiary/aromatic N) is 2. The summed E-state index contributed by atoms with van der Waals surface area (Å²) in [6, 6.07) is 16.7. The van der Waals surface area contributed by atoms with Gasteiger partial charge in [0.05, 0.1) is 5.56 Å². The minimum Gasteiger partial charge on any atom is -0.486 e. The molecule has 2 N–H and O–H groups in total. The first-order valence-electron chi connectivity index (χ1n) is 8.36. The van der Waals surface area contributed by atoms with E-state index in [1.807, 2.05) is 54.6 Å². The fourth-order valence-electron chi connectivity index (χ4n) is 2.61. The van der Waals surface area contributed by atoms with Gasteiger partial charge in [0, 0.05) is 16.8 Å². The fourth-order valence-corrected chi connectivity index (χ4v) is 2.80. The van der Waals surface area contributed by atoms with Crippen LogP contribution in [0.15, 0.2) is 70.1 Å². The number of oxazole rings is 1. The maximum Gasteiger partial charge on any atom is 0.230 e. The molecule has 27 heavy (non-hydrogen) atoms. The largest absolute Gasteiger partial charge is 0.486 e. The van der Waals surface area contributed by atoms with E-state index in [-0.39, 0.29) is 0 Å². The second-order valence-corrected chi connectivity index (χ2v) is 6.28. The van der Waals surface area contributed by atoms with Crippen LogP contribution in [0.3, 0.4) is 0 Å². The van der Waals surface area contributed by atoms with Crippen LogP contribution in [0.5, 0.6) is 11.5 Å². The molecule has 2 aromatic heterocycles. The van der Waals surface area contributed by atoms with Gasteiger partial charge >= 0.3 is 0 Å². The van der Waals surface area contributed by atoms with Gasteiger partial charge in [-0.2, -0.15) is 4.98 Å². The molecule has 0 saturated carbocycles. The number of ether oxygens (including phenoxy) is 2. The van der Waals surface area contributed by atoms with Crippen LogP contribution in [-0.2, 0) is 0 Å². The molecule has 0 aliphatic carbocycles. The number of pyridine rings is 1. The molecular weight excluding hydrogens is 362 g/mol. The van der Waals surface area contributed by atoms with Gasteiger partial charge in [-0.25, -0.2) is 4.98 Å². The van der Waals surface area contributed by atoms with Crippen LogP contribution >= 0.6 is 12.6 Å². The lowest BCUT2D eigenvalue weighted by atomic mass is 10.2. The van der Waals surface area contributed by atoms with E-state index in [4.69, 9.17) is 19.6 Å². The molecule has 6 nitrogen and oxygen atoms in total. The lowest BCUT2D eigenvalue weighted by molar-refractivity contribution is 0.171. The van der Waals surface area contributed by atoms with Crippen LogP contribution < -0.4 is 15.2 Å². The number of anilines is 1. The van der Waals surface area contributed by atoms with Gasteiger partial charge in [0.15, 0.2) is 22.7 Å². The van der Waals surface area contributed by atoms with Gasteiger partial charge in [-0.1, -0.05) is 12.1 Å². The zero-order valence-electron chi connectivity index (χ0n) is 14.3. The van der Waals surface area contributed by atoms with E-state index >= 15 is 0 Å².